The summed E-state index contributed by atoms with van der Waals surface area (Å²) in [5, 5.41) is 7.12. The fourth-order valence-corrected chi connectivity index (χ4v) is 5.55. The van der Waals surface area contributed by atoms with Crippen molar-refractivity contribution in [2.24, 2.45) is 0 Å². The largest absolute Gasteiger partial charge is 0.325 e. The maximum absolute atomic E-state index is 13.3. The van der Waals surface area contributed by atoms with E-state index in [4.69, 9.17) is 0 Å². The number of rotatable bonds is 7. The van der Waals surface area contributed by atoms with Crippen molar-refractivity contribution in [2.45, 2.75) is 37.2 Å². The van der Waals surface area contributed by atoms with Crippen LogP contribution >= 0.6 is 0 Å². The summed E-state index contributed by atoms with van der Waals surface area (Å²) < 4.78 is 26.5. The maximum Gasteiger partial charge on any atom is 0.325 e. The fraction of sp³-hybridized carbons (Fsp3) is 0.269. The quantitative estimate of drug-likeness (QED) is 0.475. The second-order valence-electron chi connectivity index (χ2n) is 9.16. The second-order valence-corrected chi connectivity index (χ2v) is 11.2. The first-order chi connectivity index (χ1) is 16.9. The number of hydrogen-bond donors (Lipinski definition) is 2. The minimum absolute atomic E-state index is 0.0941. The van der Waals surface area contributed by atoms with Gasteiger partial charge in [0.15, 0.2) is 0 Å². The molecule has 3 aromatic carbocycles. The highest BCUT2D eigenvalue weighted by Crippen LogP contribution is 2.33. The Kier molecular flexibility index (Phi) is 6.59. The highest BCUT2D eigenvalue weighted by molar-refractivity contribution is 7.89. The molecular weight excluding hydrogens is 480 g/mol. The molecule has 2 N–H and O–H groups in total. The molecule has 9 nitrogen and oxygen atoms in total. The molecule has 0 radical (unpaired) electrons. The molecule has 1 heterocycles. The van der Waals surface area contributed by atoms with Crippen molar-refractivity contribution in [1.29, 1.82) is 0 Å². The summed E-state index contributed by atoms with van der Waals surface area (Å²) in [7, 11) is -2.16. The van der Waals surface area contributed by atoms with E-state index in [9.17, 15) is 22.8 Å². The highest BCUT2D eigenvalue weighted by Gasteiger charge is 2.50. The number of sulfonamides is 1. The molecule has 1 atom stereocenters. The van der Waals surface area contributed by atoms with Crippen LogP contribution in [0.3, 0.4) is 0 Å². The Bertz CT molecular complexity index is 1450. The predicted molar refractivity (Wildman–Crippen MR) is 137 cm³/mol. The number of fused-ring (bicyclic) bond motifs is 1. The summed E-state index contributed by atoms with van der Waals surface area (Å²) in [6, 6.07) is 17.9. The van der Waals surface area contributed by atoms with Crippen LogP contribution in [-0.2, 0) is 25.2 Å². The van der Waals surface area contributed by atoms with Crippen molar-refractivity contribution in [3.05, 3.63) is 72.3 Å². The Morgan fingerprint density at radius 2 is 1.67 bits per heavy atom. The van der Waals surface area contributed by atoms with Gasteiger partial charge in [-0.05, 0) is 61.4 Å². The van der Waals surface area contributed by atoms with E-state index in [2.05, 4.69) is 10.6 Å². The number of imide groups is 1. The molecule has 1 aliphatic heterocycles. The van der Waals surface area contributed by atoms with Gasteiger partial charge in [0.1, 0.15) is 12.1 Å². The zero-order valence-electron chi connectivity index (χ0n) is 20.5. The van der Waals surface area contributed by atoms with Gasteiger partial charge in [0, 0.05) is 18.8 Å². The maximum atomic E-state index is 13.3. The van der Waals surface area contributed by atoms with E-state index in [1.807, 2.05) is 36.4 Å². The normalized spacial score (nSPS) is 18.2. The fourth-order valence-electron chi connectivity index (χ4n) is 4.18. The lowest BCUT2D eigenvalue weighted by Gasteiger charge is -2.24. The van der Waals surface area contributed by atoms with Crippen molar-refractivity contribution in [3.63, 3.8) is 0 Å². The molecule has 36 heavy (non-hydrogen) atoms. The van der Waals surface area contributed by atoms with Crippen LogP contribution in [0, 0.1) is 0 Å². The Balaban J connectivity index is 1.49. The first-order valence-electron chi connectivity index (χ1n) is 11.5. The van der Waals surface area contributed by atoms with Gasteiger partial charge in [0.05, 0.1) is 4.90 Å². The molecule has 1 aliphatic rings. The van der Waals surface area contributed by atoms with Gasteiger partial charge >= 0.3 is 6.03 Å². The molecule has 10 heteroatoms. The van der Waals surface area contributed by atoms with Crippen molar-refractivity contribution in [1.82, 2.24) is 14.5 Å². The minimum atomic E-state index is -3.66. The average Bonchev–Trinajstić information content (AvgIpc) is 3.07. The predicted octanol–water partition coefficient (Wildman–Crippen LogP) is 3.27. The van der Waals surface area contributed by atoms with E-state index >= 15 is 0 Å². The first kappa shape index (κ1) is 25.3. The van der Waals surface area contributed by atoms with Crippen LogP contribution in [0.4, 0.5) is 10.5 Å². The van der Waals surface area contributed by atoms with E-state index < -0.39 is 40.0 Å². The van der Waals surface area contributed by atoms with E-state index in [1.165, 1.54) is 35.6 Å². The van der Waals surface area contributed by atoms with Crippen molar-refractivity contribution >= 4 is 44.3 Å². The highest BCUT2D eigenvalue weighted by atomic mass is 32.2. The zero-order chi connectivity index (χ0) is 26.3. The van der Waals surface area contributed by atoms with E-state index in [1.54, 1.807) is 26.8 Å². The van der Waals surface area contributed by atoms with Gasteiger partial charge < -0.3 is 10.6 Å². The monoisotopic (exact) mass is 508 g/mol. The van der Waals surface area contributed by atoms with Crippen molar-refractivity contribution < 1.29 is 22.8 Å². The third-order valence-corrected chi connectivity index (χ3v) is 8.50. The van der Waals surface area contributed by atoms with E-state index in [-0.39, 0.29) is 10.9 Å². The van der Waals surface area contributed by atoms with Crippen molar-refractivity contribution in [3.8, 4) is 0 Å². The molecule has 0 aliphatic carbocycles. The zero-order valence-corrected chi connectivity index (χ0v) is 21.3. The Morgan fingerprint density at radius 3 is 2.33 bits per heavy atom. The topological polar surface area (TPSA) is 116 Å². The van der Waals surface area contributed by atoms with Gasteiger partial charge in [-0.15, -0.1) is 0 Å². The minimum Gasteiger partial charge on any atom is -0.325 e. The molecule has 4 amide bonds. The lowest BCUT2D eigenvalue weighted by Crippen LogP contribution is -2.42. The number of anilines is 1. The molecule has 4 rings (SSSR count). The Morgan fingerprint density at radius 1 is 1.03 bits per heavy atom. The molecule has 0 aromatic heterocycles. The summed E-state index contributed by atoms with van der Waals surface area (Å²) >= 11 is 0. The summed E-state index contributed by atoms with van der Waals surface area (Å²) in [6.45, 7) is 4.68. The molecule has 0 bridgehead atoms. The Labute approximate surface area is 210 Å². The number of urea groups is 1. The van der Waals surface area contributed by atoms with Gasteiger partial charge in [0.2, 0.25) is 15.9 Å². The molecule has 1 unspecified atom stereocenters. The number of carbonyl (C=O) groups excluding carboxylic acids is 3. The summed E-state index contributed by atoms with van der Waals surface area (Å²) in [5.41, 5.74) is -0.337. The van der Waals surface area contributed by atoms with Gasteiger partial charge in [0.25, 0.3) is 5.91 Å². The van der Waals surface area contributed by atoms with Crippen LogP contribution in [0.15, 0.2) is 71.6 Å². The number of hydrogen-bond acceptors (Lipinski definition) is 5. The number of amides is 4. The molecule has 0 spiro atoms. The van der Waals surface area contributed by atoms with Gasteiger partial charge in [-0.2, -0.15) is 4.31 Å². The van der Waals surface area contributed by atoms with Gasteiger partial charge in [-0.3, -0.25) is 14.5 Å². The van der Waals surface area contributed by atoms with E-state index in [0.29, 0.717) is 11.3 Å². The molecule has 3 aromatic rings. The van der Waals surface area contributed by atoms with Gasteiger partial charge in [-0.1, -0.05) is 42.5 Å². The van der Waals surface area contributed by atoms with Crippen LogP contribution in [0.5, 0.6) is 0 Å². The van der Waals surface area contributed by atoms with Crippen molar-refractivity contribution in [2.75, 3.05) is 18.9 Å². The molecule has 188 valence electrons. The SMILES string of the molecule is CC(C)N(C)S(=O)(=O)c1ccc(NC(=O)CN2C(=O)NC(C)(c3cccc4ccccc34)C2=O)cc1. The summed E-state index contributed by atoms with van der Waals surface area (Å²) in [4.78, 5) is 39.7. The number of benzene rings is 3. The molecular formula is C26H28N4O5S. The van der Waals surface area contributed by atoms with Crippen LogP contribution in [0.2, 0.25) is 0 Å². The smallest absolute Gasteiger partial charge is 0.325 e. The van der Waals surface area contributed by atoms with Gasteiger partial charge in [-0.25, -0.2) is 13.2 Å². The van der Waals surface area contributed by atoms with Crippen LogP contribution in [0.1, 0.15) is 26.3 Å². The molecule has 0 saturated carbocycles. The first-order valence-corrected chi connectivity index (χ1v) is 12.9. The molecule has 1 fully saturated rings. The standard InChI is InChI=1S/C26H28N4O5S/c1-17(2)29(4)36(34,35)20-14-12-19(13-15-20)27-23(31)16-30-24(32)26(3,28-25(30)33)22-11-7-9-18-8-5-6-10-21(18)22/h5-15,17H,16H2,1-4H3,(H,27,31)(H,28,33). The lowest BCUT2D eigenvalue weighted by molar-refractivity contribution is -0.133. The number of nitrogens with zero attached hydrogens (tertiary/aromatic N) is 2. The van der Waals surface area contributed by atoms with Crippen LogP contribution < -0.4 is 10.6 Å². The molecule has 1 saturated heterocycles. The number of carbonyl (C=O) groups is 3. The van der Waals surface area contributed by atoms with Crippen LogP contribution in [-0.4, -0.2) is 55.1 Å². The summed E-state index contributed by atoms with van der Waals surface area (Å²) in [5.74, 6) is -1.12. The van der Waals surface area contributed by atoms with Crippen LogP contribution in [0.25, 0.3) is 10.8 Å². The second kappa shape index (κ2) is 9.36. The van der Waals surface area contributed by atoms with E-state index in [0.717, 1.165) is 15.7 Å². The summed E-state index contributed by atoms with van der Waals surface area (Å²) in [6.07, 6.45) is 0. The Hall–Kier alpha value is -3.76. The number of nitrogens with one attached hydrogen (secondary N) is 2. The average molecular weight is 509 g/mol. The third-order valence-electron chi connectivity index (χ3n) is 6.45. The lowest BCUT2D eigenvalue weighted by atomic mass is 9.88. The third kappa shape index (κ3) is 4.45.